The van der Waals surface area contributed by atoms with Gasteiger partial charge in [0.2, 0.25) is 5.91 Å². The van der Waals surface area contributed by atoms with E-state index in [1.54, 1.807) is 12.1 Å². The highest BCUT2D eigenvalue weighted by molar-refractivity contribution is 8.00. The average Bonchev–Trinajstić information content (AvgIpc) is 2.75. The number of para-hydroxylation sites is 3. The van der Waals surface area contributed by atoms with Crippen LogP contribution < -0.4 is 5.32 Å². The number of nitrogens with zero attached hydrogens (tertiary/aromatic N) is 2. The fourth-order valence-corrected chi connectivity index (χ4v) is 4.00. The summed E-state index contributed by atoms with van der Waals surface area (Å²) in [5.41, 5.74) is 5.52. The van der Waals surface area contributed by atoms with Crippen LogP contribution in [0.1, 0.15) is 16.8 Å². The predicted molar refractivity (Wildman–Crippen MR) is 124 cm³/mol. The first kappa shape index (κ1) is 20.4. The lowest BCUT2D eigenvalue weighted by atomic mass is 10.1. The van der Waals surface area contributed by atoms with E-state index in [9.17, 15) is 4.79 Å². The van der Waals surface area contributed by atoms with E-state index in [0.29, 0.717) is 17.1 Å². The van der Waals surface area contributed by atoms with Crippen LogP contribution >= 0.6 is 23.4 Å². The van der Waals surface area contributed by atoms with Crippen LogP contribution in [-0.4, -0.2) is 21.6 Å². The molecule has 1 amide bonds. The first-order valence-corrected chi connectivity index (χ1v) is 10.9. The molecule has 4 nitrogen and oxygen atoms in total. The normalized spacial score (nSPS) is 10.9. The molecule has 1 aromatic heterocycles. The van der Waals surface area contributed by atoms with Gasteiger partial charge in [-0.1, -0.05) is 77.5 Å². The zero-order chi connectivity index (χ0) is 20.9. The van der Waals surface area contributed by atoms with Crippen molar-refractivity contribution in [1.29, 1.82) is 0 Å². The summed E-state index contributed by atoms with van der Waals surface area (Å²) < 4.78 is 0. The summed E-state index contributed by atoms with van der Waals surface area (Å²) in [6, 6.07) is 23.4. The Morgan fingerprint density at radius 3 is 2.33 bits per heavy atom. The van der Waals surface area contributed by atoms with Gasteiger partial charge in [-0.15, -0.1) is 0 Å². The van der Waals surface area contributed by atoms with Gasteiger partial charge in [0, 0.05) is 6.42 Å². The number of thioether (sulfide) groups is 1. The molecule has 0 radical (unpaired) electrons. The van der Waals surface area contributed by atoms with Gasteiger partial charge in [-0.2, -0.15) is 0 Å². The Kier molecular flexibility index (Phi) is 6.31. The molecule has 0 saturated carbocycles. The van der Waals surface area contributed by atoms with Crippen LogP contribution in [0.2, 0.25) is 5.02 Å². The summed E-state index contributed by atoms with van der Waals surface area (Å²) in [5.74, 6) is 0.0865. The Balaban J connectivity index is 1.56. The number of nitrogens with one attached hydrogen (secondary N) is 1. The molecular formula is C24H20ClN3OS. The second kappa shape index (κ2) is 9.28. The van der Waals surface area contributed by atoms with Crippen LogP contribution in [-0.2, 0) is 11.2 Å². The van der Waals surface area contributed by atoms with Crippen LogP contribution in [0.5, 0.6) is 0 Å². The Morgan fingerprint density at radius 1 is 0.933 bits per heavy atom. The van der Waals surface area contributed by atoms with Crippen molar-refractivity contribution in [2.24, 2.45) is 0 Å². The topological polar surface area (TPSA) is 54.9 Å². The first-order chi connectivity index (χ1) is 14.6. The maximum Gasteiger partial charge on any atom is 0.234 e. The fraction of sp³-hybridized carbons (Fsp3) is 0.125. The molecule has 30 heavy (non-hydrogen) atoms. The third kappa shape index (κ3) is 4.99. The van der Waals surface area contributed by atoms with Crippen molar-refractivity contribution in [2.45, 2.75) is 18.4 Å². The van der Waals surface area contributed by atoms with Gasteiger partial charge in [0.25, 0.3) is 0 Å². The van der Waals surface area contributed by atoms with Gasteiger partial charge < -0.3 is 5.32 Å². The molecule has 4 rings (SSSR count). The van der Waals surface area contributed by atoms with E-state index >= 15 is 0 Å². The Labute approximate surface area is 184 Å². The van der Waals surface area contributed by atoms with Crippen molar-refractivity contribution >= 4 is 46.0 Å². The Bertz CT molecular complexity index is 1190. The van der Waals surface area contributed by atoms with Crippen molar-refractivity contribution < 1.29 is 4.79 Å². The Hall–Kier alpha value is -2.89. The number of hydrogen-bond acceptors (Lipinski definition) is 4. The molecule has 0 saturated heterocycles. The summed E-state index contributed by atoms with van der Waals surface area (Å²) in [5, 5.41) is 4.14. The summed E-state index contributed by atoms with van der Waals surface area (Å²) in [4.78, 5) is 22.1. The second-order valence-electron chi connectivity index (χ2n) is 6.94. The second-order valence-corrected chi connectivity index (χ2v) is 8.31. The van der Waals surface area contributed by atoms with E-state index in [-0.39, 0.29) is 11.7 Å². The third-order valence-corrected chi connectivity index (χ3v) is 5.92. The molecule has 4 aromatic rings. The molecule has 1 N–H and O–H groups in total. The highest BCUT2D eigenvalue weighted by Gasteiger charge is 2.13. The van der Waals surface area contributed by atoms with Crippen molar-refractivity contribution in [3.8, 4) is 0 Å². The van der Waals surface area contributed by atoms with E-state index in [1.165, 1.54) is 17.3 Å². The molecule has 6 heteroatoms. The number of carbonyl (C=O) groups excluding carboxylic acids is 1. The van der Waals surface area contributed by atoms with Crippen molar-refractivity contribution in [1.82, 2.24) is 9.97 Å². The molecule has 0 unspecified atom stereocenters. The van der Waals surface area contributed by atoms with Gasteiger partial charge in [-0.3, -0.25) is 4.79 Å². The van der Waals surface area contributed by atoms with Crippen LogP contribution in [0, 0.1) is 6.92 Å². The molecule has 150 valence electrons. The minimum Gasteiger partial charge on any atom is -0.324 e. The van der Waals surface area contributed by atoms with E-state index < -0.39 is 0 Å². The fourth-order valence-electron chi connectivity index (χ4n) is 3.03. The third-order valence-electron chi connectivity index (χ3n) is 4.59. The monoisotopic (exact) mass is 433 g/mol. The first-order valence-electron chi connectivity index (χ1n) is 9.57. The van der Waals surface area contributed by atoms with E-state index in [0.717, 1.165) is 27.3 Å². The van der Waals surface area contributed by atoms with Crippen LogP contribution in [0.4, 0.5) is 5.69 Å². The minimum absolute atomic E-state index is 0.135. The van der Waals surface area contributed by atoms with E-state index in [1.807, 2.05) is 36.4 Å². The van der Waals surface area contributed by atoms with Gasteiger partial charge in [0.05, 0.1) is 33.2 Å². The number of aryl methyl sites for hydroxylation is 1. The molecule has 0 bridgehead atoms. The van der Waals surface area contributed by atoms with E-state index in [2.05, 4.69) is 36.5 Å². The lowest BCUT2D eigenvalue weighted by molar-refractivity contribution is -0.113. The zero-order valence-electron chi connectivity index (χ0n) is 16.4. The number of fused-ring (bicyclic) bond motifs is 1. The SMILES string of the molecule is Cc1ccc(Cc2nc3ccccc3nc2SCC(=O)Nc2ccccc2Cl)cc1. The summed E-state index contributed by atoms with van der Waals surface area (Å²) in [7, 11) is 0. The molecule has 3 aromatic carbocycles. The maximum atomic E-state index is 12.5. The van der Waals surface area contributed by atoms with Gasteiger partial charge in [-0.05, 0) is 36.8 Å². The van der Waals surface area contributed by atoms with Crippen LogP contribution in [0.25, 0.3) is 11.0 Å². The average molecular weight is 434 g/mol. The number of benzene rings is 3. The largest absolute Gasteiger partial charge is 0.324 e. The van der Waals surface area contributed by atoms with Crippen LogP contribution in [0.3, 0.4) is 0 Å². The quantitative estimate of drug-likeness (QED) is 0.384. The van der Waals surface area contributed by atoms with Crippen LogP contribution in [0.15, 0.2) is 77.8 Å². The molecule has 0 fully saturated rings. The van der Waals surface area contributed by atoms with Gasteiger partial charge in [-0.25, -0.2) is 9.97 Å². The molecule has 0 aliphatic heterocycles. The summed E-state index contributed by atoms with van der Waals surface area (Å²) >= 11 is 7.52. The van der Waals surface area contributed by atoms with Gasteiger partial charge in [0.1, 0.15) is 5.03 Å². The number of hydrogen-bond donors (Lipinski definition) is 1. The predicted octanol–water partition coefficient (Wildman–Crippen LogP) is 5.91. The van der Waals surface area contributed by atoms with Gasteiger partial charge >= 0.3 is 0 Å². The van der Waals surface area contributed by atoms with Crippen molar-refractivity contribution in [3.63, 3.8) is 0 Å². The molecule has 0 aliphatic carbocycles. The Morgan fingerprint density at radius 2 is 1.60 bits per heavy atom. The number of carbonyl (C=O) groups is 1. The zero-order valence-corrected chi connectivity index (χ0v) is 18.0. The summed E-state index contributed by atoms with van der Waals surface area (Å²) in [6.45, 7) is 2.07. The molecular weight excluding hydrogens is 414 g/mol. The minimum atomic E-state index is -0.135. The number of halogens is 1. The smallest absolute Gasteiger partial charge is 0.234 e. The number of amides is 1. The highest BCUT2D eigenvalue weighted by Crippen LogP contribution is 2.26. The lowest BCUT2D eigenvalue weighted by Crippen LogP contribution is -2.14. The van der Waals surface area contributed by atoms with Gasteiger partial charge in [0.15, 0.2) is 0 Å². The molecule has 0 atom stereocenters. The molecule has 0 spiro atoms. The highest BCUT2D eigenvalue weighted by atomic mass is 35.5. The lowest BCUT2D eigenvalue weighted by Gasteiger charge is -2.11. The number of rotatable bonds is 6. The summed E-state index contributed by atoms with van der Waals surface area (Å²) in [6.07, 6.45) is 0.659. The standard InChI is InChI=1S/C24H20ClN3OS/c1-16-10-12-17(13-11-16)14-22-24(28-21-9-5-4-8-20(21)26-22)30-15-23(29)27-19-7-3-2-6-18(19)25/h2-13H,14-15H2,1H3,(H,27,29). The molecule has 0 aliphatic rings. The number of aromatic nitrogens is 2. The van der Waals surface area contributed by atoms with Crippen molar-refractivity contribution in [2.75, 3.05) is 11.1 Å². The van der Waals surface area contributed by atoms with Crippen molar-refractivity contribution in [3.05, 3.63) is 94.6 Å². The number of anilines is 1. The molecule has 1 heterocycles. The van der Waals surface area contributed by atoms with E-state index in [4.69, 9.17) is 21.6 Å². The maximum absolute atomic E-state index is 12.5.